The Balaban J connectivity index is 3.11. The molecule has 0 amide bonds. The van der Waals surface area contributed by atoms with Crippen LogP contribution in [0.2, 0.25) is 0 Å². The fourth-order valence-electron chi connectivity index (χ4n) is 2.86. The second-order valence-electron chi connectivity index (χ2n) is 6.49. The molecule has 0 fully saturated rings. The highest BCUT2D eigenvalue weighted by atomic mass is 16.5. The van der Waals surface area contributed by atoms with Gasteiger partial charge in [-0.05, 0) is 43.7 Å². The lowest BCUT2D eigenvalue weighted by Crippen LogP contribution is -2.49. The summed E-state index contributed by atoms with van der Waals surface area (Å²) in [5, 5.41) is 3.47. The van der Waals surface area contributed by atoms with Crippen LogP contribution < -0.4 is 5.32 Å². The largest absolute Gasteiger partial charge is 0.464 e. The van der Waals surface area contributed by atoms with Crippen LogP contribution >= 0.6 is 0 Å². The maximum absolute atomic E-state index is 12.7. The van der Waals surface area contributed by atoms with E-state index < -0.39 is 5.54 Å². The van der Waals surface area contributed by atoms with Gasteiger partial charge in [0.05, 0.1) is 6.61 Å². The van der Waals surface area contributed by atoms with Gasteiger partial charge < -0.3 is 10.1 Å². The van der Waals surface area contributed by atoms with Gasteiger partial charge in [0.15, 0.2) is 0 Å². The highest BCUT2D eigenvalue weighted by Crippen LogP contribution is 2.30. The SMILES string of the molecule is CCOC(=O)C(CC(C)C)(CC(C)C)Nc1ccccc1. The zero-order valence-corrected chi connectivity index (χ0v) is 14.0. The topological polar surface area (TPSA) is 38.3 Å². The third kappa shape index (κ3) is 5.41. The summed E-state index contributed by atoms with van der Waals surface area (Å²) in [6.07, 6.45) is 1.53. The van der Waals surface area contributed by atoms with Gasteiger partial charge in [0.1, 0.15) is 5.54 Å². The first-order valence-electron chi connectivity index (χ1n) is 7.90. The van der Waals surface area contributed by atoms with Crippen molar-refractivity contribution in [2.45, 2.75) is 53.0 Å². The summed E-state index contributed by atoms with van der Waals surface area (Å²) in [6, 6.07) is 9.91. The standard InChI is InChI=1S/C18H29NO2/c1-6-21-17(20)18(12-14(2)3,13-15(4)5)19-16-10-8-7-9-11-16/h7-11,14-15,19H,6,12-13H2,1-5H3. The molecule has 118 valence electrons. The van der Waals surface area contributed by atoms with Crippen LogP contribution in [0, 0.1) is 11.8 Å². The number of para-hydroxylation sites is 1. The number of benzene rings is 1. The molecule has 0 aliphatic heterocycles. The molecule has 0 heterocycles. The van der Waals surface area contributed by atoms with Crippen molar-refractivity contribution in [1.29, 1.82) is 0 Å². The second kappa shape index (κ2) is 8.06. The number of esters is 1. The van der Waals surface area contributed by atoms with Gasteiger partial charge in [0.25, 0.3) is 0 Å². The molecular weight excluding hydrogens is 262 g/mol. The van der Waals surface area contributed by atoms with E-state index in [0.717, 1.165) is 18.5 Å². The first-order chi connectivity index (χ1) is 9.89. The lowest BCUT2D eigenvalue weighted by atomic mass is 9.81. The van der Waals surface area contributed by atoms with E-state index >= 15 is 0 Å². The molecule has 3 heteroatoms. The van der Waals surface area contributed by atoms with Gasteiger partial charge in [-0.15, -0.1) is 0 Å². The Labute approximate surface area is 129 Å². The molecule has 0 bridgehead atoms. The van der Waals surface area contributed by atoms with Crippen LogP contribution in [0.25, 0.3) is 0 Å². The van der Waals surface area contributed by atoms with Crippen molar-refractivity contribution in [3.8, 4) is 0 Å². The maximum Gasteiger partial charge on any atom is 0.331 e. The Hall–Kier alpha value is -1.51. The summed E-state index contributed by atoms with van der Waals surface area (Å²) in [7, 11) is 0. The average Bonchev–Trinajstić information content (AvgIpc) is 2.38. The normalized spacial score (nSPS) is 11.8. The third-order valence-corrected chi connectivity index (χ3v) is 3.34. The van der Waals surface area contributed by atoms with Gasteiger partial charge in [-0.3, -0.25) is 0 Å². The Morgan fingerprint density at radius 2 is 1.62 bits per heavy atom. The molecule has 0 radical (unpaired) electrons. The molecule has 3 nitrogen and oxygen atoms in total. The van der Waals surface area contributed by atoms with E-state index in [2.05, 4.69) is 33.0 Å². The molecule has 0 unspecified atom stereocenters. The second-order valence-corrected chi connectivity index (χ2v) is 6.49. The molecule has 0 atom stereocenters. The predicted octanol–water partition coefficient (Wildman–Crippen LogP) is 4.49. The van der Waals surface area contributed by atoms with E-state index in [1.165, 1.54) is 0 Å². The highest BCUT2D eigenvalue weighted by Gasteiger charge is 2.40. The summed E-state index contributed by atoms with van der Waals surface area (Å²) in [4.78, 5) is 12.7. The number of nitrogens with one attached hydrogen (secondary N) is 1. The molecule has 1 rings (SSSR count). The zero-order chi connectivity index (χ0) is 15.9. The van der Waals surface area contributed by atoms with E-state index in [1.807, 2.05) is 37.3 Å². The van der Waals surface area contributed by atoms with Crippen molar-refractivity contribution in [3.63, 3.8) is 0 Å². The van der Waals surface area contributed by atoms with Gasteiger partial charge in [0, 0.05) is 5.69 Å². The lowest BCUT2D eigenvalue weighted by Gasteiger charge is -2.36. The Morgan fingerprint density at radius 3 is 2.05 bits per heavy atom. The monoisotopic (exact) mass is 291 g/mol. The Kier molecular flexibility index (Phi) is 6.73. The Morgan fingerprint density at radius 1 is 1.10 bits per heavy atom. The quantitative estimate of drug-likeness (QED) is 0.717. The van der Waals surface area contributed by atoms with Crippen LogP contribution in [0.1, 0.15) is 47.5 Å². The minimum Gasteiger partial charge on any atom is -0.464 e. The lowest BCUT2D eigenvalue weighted by molar-refractivity contribution is -0.150. The summed E-state index contributed by atoms with van der Waals surface area (Å²) >= 11 is 0. The first kappa shape index (κ1) is 17.5. The van der Waals surface area contributed by atoms with Crippen molar-refractivity contribution < 1.29 is 9.53 Å². The van der Waals surface area contributed by atoms with Gasteiger partial charge >= 0.3 is 5.97 Å². The predicted molar refractivity (Wildman–Crippen MR) is 88.3 cm³/mol. The molecule has 0 aliphatic rings. The van der Waals surface area contributed by atoms with Crippen LogP contribution in [0.15, 0.2) is 30.3 Å². The Bertz CT molecular complexity index is 416. The smallest absolute Gasteiger partial charge is 0.331 e. The number of ether oxygens (including phenoxy) is 1. The summed E-state index contributed by atoms with van der Waals surface area (Å²) in [5.74, 6) is 0.671. The molecule has 0 aromatic heterocycles. The van der Waals surface area contributed by atoms with Crippen molar-refractivity contribution in [3.05, 3.63) is 30.3 Å². The molecule has 1 aromatic carbocycles. The zero-order valence-electron chi connectivity index (χ0n) is 14.0. The maximum atomic E-state index is 12.7. The van der Waals surface area contributed by atoms with Gasteiger partial charge in [-0.25, -0.2) is 4.79 Å². The van der Waals surface area contributed by atoms with Crippen LogP contribution in [0.5, 0.6) is 0 Å². The minimum atomic E-state index is -0.653. The van der Waals surface area contributed by atoms with Crippen molar-refractivity contribution in [2.24, 2.45) is 11.8 Å². The third-order valence-electron chi connectivity index (χ3n) is 3.34. The molecule has 0 aliphatic carbocycles. The van der Waals surface area contributed by atoms with E-state index in [0.29, 0.717) is 18.4 Å². The summed E-state index contributed by atoms with van der Waals surface area (Å²) < 4.78 is 5.38. The number of anilines is 1. The van der Waals surface area contributed by atoms with Crippen LogP contribution in [-0.4, -0.2) is 18.1 Å². The minimum absolute atomic E-state index is 0.142. The van der Waals surface area contributed by atoms with Crippen molar-refractivity contribution in [2.75, 3.05) is 11.9 Å². The molecule has 0 spiro atoms. The van der Waals surface area contributed by atoms with Gasteiger partial charge in [0.2, 0.25) is 0 Å². The molecular formula is C18H29NO2. The fourth-order valence-corrected chi connectivity index (χ4v) is 2.86. The molecule has 21 heavy (non-hydrogen) atoms. The van der Waals surface area contributed by atoms with E-state index in [9.17, 15) is 4.79 Å². The molecule has 1 N–H and O–H groups in total. The molecule has 0 saturated carbocycles. The van der Waals surface area contributed by atoms with Crippen molar-refractivity contribution >= 4 is 11.7 Å². The average molecular weight is 291 g/mol. The van der Waals surface area contributed by atoms with E-state index in [-0.39, 0.29) is 5.97 Å². The van der Waals surface area contributed by atoms with Crippen LogP contribution in [0.3, 0.4) is 0 Å². The van der Waals surface area contributed by atoms with Gasteiger partial charge in [-0.1, -0.05) is 45.9 Å². The molecule has 0 saturated heterocycles. The number of carbonyl (C=O) groups excluding carboxylic acids is 1. The highest BCUT2D eigenvalue weighted by molar-refractivity contribution is 5.84. The summed E-state index contributed by atoms with van der Waals surface area (Å²) in [5.41, 5.74) is 0.312. The van der Waals surface area contributed by atoms with Gasteiger partial charge in [-0.2, -0.15) is 0 Å². The number of hydrogen-bond acceptors (Lipinski definition) is 3. The van der Waals surface area contributed by atoms with E-state index in [1.54, 1.807) is 0 Å². The summed E-state index contributed by atoms with van der Waals surface area (Å²) in [6.45, 7) is 10.8. The first-order valence-corrected chi connectivity index (χ1v) is 7.90. The molecule has 1 aromatic rings. The van der Waals surface area contributed by atoms with E-state index in [4.69, 9.17) is 4.74 Å². The van der Waals surface area contributed by atoms with Crippen LogP contribution in [0.4, 0.5) is 5.69 Å². The number of hydrogen-bond donors (Lipinski definition) is 1. The van der Waals surface area contributed by atoms with Crippen molar-refractivity contribution in [1.82, 2.24) is 0 Å². The van der Waals surface area contributed by atoms with Crippen LogP contribution in [-0.2, 0) is 9.53 Å². The number of carbonyl (C=O) groups is 1. The fraction of sp³-hybridized carbons (Fsp3) is 0.611. The number of rotatable bonds is 8.